The molecule has 0 amide bonds. The fourth-order valence-corrected chi connectivity index (χ4v) is 1.81. The normalized spacial score (nSPS) is 11.3. The van der Waals surface area contributed by atoms with Gasteiger partial charge in [0.05, 0.1) is 11.8 Å². The number of hydrogen-bond acceptors (Lipinski definition) is 4. The summed E-state index contributed by atoms with van der Waals surface area (Å²) in [7, 11) is 0. The summed E-state index contributed by atoms with van der Waals surface area (Å²) in [5.74, 6) is -2.47. The lowest BCUT2D eigenvalue weighted by Crippen LogP contribution is -2.30. The van der Waals surface area contributed by atoms with Crippen LogP contribution < -0.4 is 5.32 Å². The summed E-state index contributed by atoms with van der Waals surface area (Å²) in [4.78, 5) is 11.8. The fourth-order valence-electron chi connectivity index (χ4n) is 1.53. The van der Waals surface area contributed by atoms with Crippen molar-refractivity contribution in [1.82, 2.24) is 0 Å². The average molecular weight is 289 g/mol. The van der Waals surface area contributed by atoms with Crippen LogP contribution in [-0.4, -0.2) is 10.8 Å². The van der Waals surface area contributed by atoms with E-state index in [0.717, 1.165) is 6.07 Å². The molecule has 20 heavy (non-hydrogen) atoms. The zero-order valence-electron chi connectivity index (χ0n) is 11.0. The second-order valence-electron chi connectivity index (χ2n) is 4.38. The molecule has 4 nitrogen and oxygen atoms in total. The fraction of sp³-hybridized carbons (Fsp3) is 0.286. The molecular weight excluding hydrogens is 277 g/mol. The highest BCUT2D eigenvalue weighted by atomic mass is 32.1. The maximum Gasteiger partial charge on any atom is 0.159 e. The Morgan fingerprint density at radius 1 is 1.40 bits per heavy atom. The number of ketones is 1. The summed E-state index contributed by atoms with van der Waals surface area (Å²) >= 11 is 5.02. The minimum atomic E-state index is -1.11. The summed E-state index contributed by atoms with van der Waals surface area (Å²) in [6.45, 7) is 3.33. The minimum absolute atomic E-state index is 0.0340. The van der Waals surface area contributed by atoms with Crippen molar-refractivity contribution in [3.8, 4) is 12.1 Å². The third-order valence-corrected chi connectivity index (χ3v) is 2.97. The monoisotopic (exact) mass is 289 g/mol. The Labute approximate surface area is 121 Å². The molecule has 0 heterocycles. The first-order valence-electron chi connectivity index (χ1n) is 5.85. The van der Waals surface area contributed by atoms with Gasteiger partial charge in [-0.1, -0.05) is 32.1 Å². The van der Waals surface area contributed by atoms with E-state index >= 15 is 0 Å². The van der Waals surface area contributed by atoms with Gasteiger partial charge in [-0.25, -0.2) is 4.39 Å². The standard InChI is InChI=1S/C14H12FN3OS/c1-8(2)13(19)10(7-17)14(20)18-12-5-3-4-11(15)9(12)6-16/h3-5,8,10H,1-2H3,(H,18,20). The molecule has 1 N–H and O–H groups in total. The molecule has 0 aliphatic heterocycles. The van der Waals surface area contributed by atoms with Gasteiger partial charge in [-0.3, -0.25) is 4.79 Å². The van der Waals surface area contributed by atoms with Crippen LogP contribution in [0.4, 0.5) is 10.1 Å². The Balaban J connectivity index is 3.03. The van der Waals surface area contributed by atoms with E-state index in [1.54, 1.807) is 19.9 Å². The molecule has 0 saturated heterocycles. The number of benzene rings is 1. The van der Waals surface area contributed by atoms with E-state index < -0.39 is 11.7 Å². The van der Waals surface area contributed by atoms with E-state index in [1.165, 1.54) is 12.1 Å². The summed E-state index contributed by atoms with van der Waals surface area (Å²) in [6, 6.07) is 7.56. The van der Waals surface area contributed by atoms with Gasteiger partial charge in [-0.05, 0) is 12.1 Å². The highest BCUT2D eigenvalue weighted by Crippen LogP contribution is 2.19. The smallest absolute Gasteiger partial charge is 0.159 e. The van der Waals surface area contributed by atoms with Gasteiger partial charge in [-0.15, -0.1) is 0 Å². The molecule has 1 atom stereocenters. The Hall–Kier alpha value is -2.31. The third-order valence-electron chi connectivity index (χ3n) is 2.63. The molecule has 0 aliphatic rings. The van der Waals surface area contributed by atoms with E-state index in [1.807, 2.05) is 6.07 Å². The Bertz CT molecular complexity index is 628. The number of nitriles is 2. The number of rotatable bonds is 4. The van der Waals surface area contributed by atoms with Gasteiger partial charge in [0, 0.05) is 5.92 Å². The number of hydrogen-bond donors (Lipinski definition) is 1. The number of nitrogens with zero attached hydrogens (tertiary/aromatic N) is 2. The molecule has 1 rings (SSSR count). The maximum atomic E-state index is 13.4. The van der Waals surface area contributed by atoms with Crippen molar-refractivity contribution in [3.63, 3.8) is 0 Å². The summed E-state index contributed by atoms with van der Waals surface area (Å²) in [5, 5.41) is 20.6. The largest absolute Gasteiger partial charge is 0.347 e. The van der Waals surface area contributed by atoms with Crippen molar-refractivity contribution >= 4 is 28.7 Å². The van der Waals surface area contributed by atoms with Gasteiger partial charge < -0.3 is 5.32 Å². The topological polar surface area (TPSA) is 76.7 Å². The lowest BCUT2D eigenvalue weighted by molar-refractivity contribution is -0.122. The van der Waals surface area contributed by atoms with Gasteiger partial charge in [0.1, 0.15) is 22.4 Å². The van der Waals surface area contributed by atoms with Gasteiger partial charge in [0.15, 0.2) is 11.7 Å². The lowest BCUT2D eigenvalue weighted by atomic mass is 9.96. The van der Waals surface area contributed by atoms with Crippen LogP contribution in [0, 0.1) is 40.3 Å². The van der Waals surface area contributed by atoms with Crippen LogP contribution in [0.15, 0.2) is 18.2 Å². The molecular formula is C14H12FN3OS. The van der Waals surface area contributed by atoms with Crippen molar-refractivity contribution in [1.29, 1.82) is 10.5 Å². The van der Waals surface area contributed by atoms with Crippen molar-refractivity contribution in [2.75, 3.05) is 5.32 Å². The number of halogens is 1. The van der Waals surface area contributed by atoms with Crippen LogP contribution in [0.2, 0.25) is 0 Å². The average Bonchev–Trinajstić information content (AvgIpc) is 2.39. The SMILES string of the molecule is CC(C)C(=O)C(C#N)C(=S)Nc1cccc(F)c1C#N. The highest BCUT2D eigenvalue weighted by molar-refractivity contribution is 7.80. The third kappa shape index (κ3) is 3.37. The van der Waals surface area contributed by atoms with Gasteiger partial charge in [0.2, 0.25) is 0 Å². The number of carbonyl (C=O) groups is 1. The van der Waals surface area contributed by atoms with E-state index in [4.69, 9.17) is 22.7 Å². The quantitative estimate of drug-likeness (QED) is 0.862. The van der Waals surface area contributed by atoms with Crippen LogP contribution in [-0.2, 0) is 4.79 Å². The van der Waals surface area contributed by atoms with E-state index in [-0.39, 0.29) is 27.9 Å². The molecule has 0 fully saturated rings. The first kappa shape index (κ1) is 15.7. The molecule has 0 radical (unpaired) electrons. The number of anilines is 1. The number of carbonyl (C=O) groups excluding carboxylic acids is 1. The second-order valence-corrected chi connectivity index (χ2v) is 4.82. The van der Waals surface area contributed by atoms with Crippen LogP contribution in [0.1, 0.15) is 19.4 Å². The van der Waals surface area contributed by atoms with Crippen LogP contribution in [0.3, 0.4) is 0 Å². The zero-order valence-corrected chi connectivity index (χ0v) is 11.8. The van der Waals surface area contributed by atoms with Crippen LogP contribution in [0.25, 0.3) is 0 Å². The summed E-state index contributed by atoms with van der Waals surface area (Å²) in [6.07, 6.45) is 0. The van der Waals surface area contributed by atoms with Gasteiger partial charge in [0.25, 0.3) is 0 Å². The number of nitrogens with one attached hydrogen (secondary N) is 1. The molecule has 0 aromatic heterocycles. The number of thiocarbonyl (C=S) groups is 1. The van der Waals surface area contributed by atoms with Crippen LogP contribution in [0.5, 0.6) is 0 Å². The molecule has 0 bridgehead atoms. The van der Waals surface area contributed by atoms with Gasteiger partial charge >= 0.3 is 0 Å². The zero-order chi connectivity index (χ0) is 15.3. The number of Topliss-reactive ketones (excluding diaryl/α,β-unsaturated/α-hetero) is 1. The summed E-state index contributed by atoms with van der Waals surface area (Å²) < 4.78 is 13.4. The van der Waals surface area contributed by atoms with Crippen molar-refractivity contribution in [2.45, 2.75) is 13.8 Å². The Morgan fingerprint density at radius 2 is 2.05 bits per heavy atom. The second kappa shape index (κ2) is 6.74. The molecule has 0 spiro atoms. The Morgan fingerprint density at radius 3 is 2.55 bits per heavy atom. The van der Waals surface area contributed by atoms with E-state index in [9.17, 15) is 9.18 Å². The first-order chi connectivity index (χ1) is 9.42. The highest BCUT2D eigenvalue weighted by Gasteiger charge is 2.26. The van der Waals surface area contributed by atoms with Crippen molar-refractivity contribution < 1.29 is 9.18 Å². The molecule has 6 heteroatoms. The van der Waals surface area contributed by atoms with Crippen molar-refractivity contribution in [3.05, 3.63) is 29.6 Å². The van der Waals surface area contributed by atoms with Crippen LogP contribution >= 0.6 is 12.2 Å². The lowest BCUT2D eigenvalue weighted by Gasteiger charge is -2.15. The van der Waals surface area contributed by atoms with Gasteiger partial charge in [-0.2, -0.15) is 10.5 Å². The maximum absolute atomic E-state index is 13.4. The molecule has 102 valence electrons. The molecule has 1 aromatic carbocycles. The Kier molecular flexibility index (Phi) is 5.31. The van der Waals surface area contributed by atoms with E-state index in [0.29, 0.717) is 0 Å². The molecule has 0 saturated carbocycles. The summed E-state index contributed by atoms with van der Waals surface area (Å²) in [5.41, 5.74) is -0.0576. The van der Waals surface area contributed by atoms with Crippen molar-refractivity contribution in [2.24, 2.45) is 11.8 Å². The van der Waals surface area contributed by atoms with E-state index in [2.05, 4.69) is 5.32 Å². The first-order valence-corrected chi connectivity index (χ1v) is 6.26. The molecule has 1 aromatic rings. The predicted octanol–water partition coefficient (Wildman–Crippen LogP) is 2.80. The minimum Gasteiger partial charge on any atom is -0.347 e. The molecule has 0 aliphatic carbocycles. The predicted molar refractivity (Wildman–Crippen MR) is 76.3 cm³/mol. The molecule has 1 unspecified atom stereocenters.